The number of likely N-dealkylation sites (tertiary alicyclic amines) is 1. The van der Waals surface area contributed by atoms with Gasteiger partial charge in [0.25, 0.3) is 0 Å². The van der Waals surface area contributed by atoms with Gasteiger partial charge in [-0.05, 0) is 55.2 Å². The van der Waals surface area contributed by atoms with Crippen molar-refractivity contribution in [2.75, 3.05) is 13.1 Å². The van der Waals surface area contributed by atoms with Crippen LogP contribution in [0.4, 0.5) is 0 Å². The maximum Gasteiger partial charge on any atom is 0.240 e. The van der Waals surface area contributed by atoms with Crippen LogP contribution in [-0.4, -0.2) is 29.3 Å². The molecule has 1 amide bonds. The maximum absolute atomic E-state index is 11.9. The number of benzene rings is 2. The minimum Gasteiger partial charge on any atom is -0.341 e. The van der Waals surface area contributed by atoms with E-state index in [1.54, 1.807) is 6.92 Å². The molecule has 0 N–H and O–H groups in total. The van der Waals surface area contributed by atoms with Crippen LogP contribution < -0.4 is 0 Å². The topological polar surface area (TPSA) is 20.3 Å². The SMILES string of the molecule is C[C@H](Cl)C(=O)N1CCC(CCc2ccc(-c3ccccc3)cc2)CC1. The number of rotatable bonds is 5. The van der Waals surface area contributed by atoms with Gasteiger partial charge in [-0.15, -0.1) is 11.6 Å². The zero-order valence-electron chi connectivity index (χ0n) is 14.8. The van der Waals surface area contributed by atoms with Crippen LogP contribution in [0.2, 0.25) is 0 Å². The average Bonchev–Trinajstić information content (AvgIpc) is 2.67. The van der Waals surface area contributed by atoms with Gasteiger partial charge >= 0.3 is 0 Å². The van der Waals surface area contributed by atoms with Crippen LogP contribution in [-0.2, 0) is 11.2 Å². The molecule has 0 spiro atoms. The number of alkyl halides is 1. The molecule has 0 unspecified atom stereocenters. The van der Waals surface area contributed by atoms with E-state index in [1.165, 1.54) is 23.1 Å². The van der Waals surface area contributed by atoms with Gasteiger partial charge in [0.2, 0.25) is 5.91 Å². The molecule has 2 nitrogen and oxygen atoms in total. The van der Waals surface area contributed by atoms with E-state index in [9.17, 15) is 4.79 Å². The molecule has 1 saturated heterocycles. The Bertz CT molecular complexity index is 673. The highest BCUT2D eigenvalue weighted by atomic mass is 35.5. The van der Waals surface area contributed by atoms with Crippen LogP contribution in [0.5, 0.6) is 0 Å². The van der Waals surface area contributed by atoms with Crippen molar-refractivity contribution >= 4 is 17.5 Å². The quantitative estimate of drug-likeness (QED) is 0.679. The van der Waals surface area contributed by atoms with Gasteiger partial charge in [0.05, 0.1) is 0 Å². The molecule has 3 heteroatoms. The zero-order valence-corrected chi connectivity index (χ0v) is 15.6. The van der Waals surface area contributed by atoms with Crippen LogP contribution in [0, 0.1) is 5.92 Å². The van der Waals surface area contributed by atoms with E-state index in [4.69, 9.17) is 11.6 Å². The standard InChI is InChI=1S/C22H26ClNO/c1-17(23)22(25)24-15-13-19(14-16-24)8-7-18-9-11-21(12-10-18)20-5-3-2-4-6-20/h2-6,9-12,17,19H,7-8,13-16H2,1H3/t17-/m0/s1. The third-order valence-corrected chi connectivity index (χ3v) is 5.36. The van der Waals surface area contributed by atoms with Crippen molar-refractivity contribution in [2.45, 2.75) is 38.0 Å². The fourth-order valence-corrected chi connectivity index (χ4v) is 3.70. The first-order valence-electron chi connectivity index (χ1n) is 9.20. The highest BCUT2D eigenvalue weighted by Gasteiger charge is 2.24. The van der Waals surface area contributed by atoms with Crippen LogP contribution >= 0.6 is 11.6 Å². The van der Waals surface area contributed by atoms with Crippen LogP contribution in [0.3, 0.4) is 0 Å². The molecular weight excluding hydrogens is 330 g/mol. The lowest BCUT2D eigenvalue weighted by molar-refractivity contribution is -0.131. The van der Waals surface area contributed by atoms with E-state index in [0.717, 1.165) is 32.4 Å². The Morgan fingerprint density at radius 1 is 1.04 bits per heavy atom. The molecule has 1 aliphatic rings. The fourth-order valence-electron chi connectivity index (χ4n) is 3.56. The molecule has 2 aromatic carbocycles. The van der Waals surface area contributed by atoms with Crippen molar-refractivity contribution in [1.82, 2.24) is 4.90 Å². The maximum atomic E-state index is 11.9. The van der Waals surface area contributed by atoms with E-state index in [1.807, 2.05) is 11.0 Å². The summed E-state index contributed by atoms with van der Waals surface area (Å²) in [5, 5.41) is -0.403. The number of piperidine rings is 1. The second-order valence-electron chi connectivity index (χ2n) is 6.99. The number of carbonyl (C=O) groups is 1. The number of hydrogen-bond donors (Lipinski definition) is 0. The summed E-state index contributed by atoms with van der Waals surface area (Å²) < 4.78 is 0. The van der Waals surface area contributed by atoms with Crippen LogP contribution in [0.1, 0.15) is 31.7 Å². The molecule has 1 aliphatic heterocycles. The first-order valence-corrected chi connectivity index (χ1v) is 9.64. The van der Waals surface area contributed by atoms with Gasteiger partial charge in [-0.2, -0.15) is 0 Å². The number of carbonyl (C=O) groups excluding carboxylic acids is 1. The Morgan fingerprint density at radius 2 is 1.64 bits per heavy atom. The predicted molar refractivity (Wildman–Crippen MR) is 105 cm³/mol. The second-order valence-corrected chi connectivity index (χ2v) is 7.64. The Hall–Kier alpha value is -1.80. The predicted octanol–water partition coefficient (Wildman–Crippen LogP) is 5.15. The van der Waals surface area contributed by atoms with E-state index >= 15 is 0 Å². The first kappa shape index (κ1) is 18.0. The summed E-state index contributed by atoms with van der Waals surface area (Å²) in [6.07, 6.45) is 4.50. The lowest BCUT2D eigenvalue weighted by atomic mass is 9.90. The van der Waals surface area contributed by atoms with Crippen molar-refractivity contribution in [3.8, 4) is 11.1 Å². The van der Waals surface area contributed by atoms with Crippen molar-refractivity contribution in [2.24, 2.45) is 5.92 Å². The Kier molecular flexibility index (Phi) is 6.14. The largest absolute Gasteiger partial charge is 0.341 e. The molecule has 25 heavy (non-hydrogen) atoms. The molecule has 1 fully saturated rings. The van der Waals surface area contributed by atoms with Gasteiger partial charge < -0.3 is 4.90 Å². The smallest absolute Gasteiger partial charge is 0.240 e. The van der Waals surface area contributed by atoms with Gasteiger partial charge in [0, 0.05) is 13.1 Å². The molecule has 0 aromatic heterocycles. The van der Waals surface area contributed by atoms with E-state index in [0.29, 0.717) is 5.92 Å². The Morgan fingerprint density at radius 3 is 2.24 bits per heavy atom. The highest BCUT2D eigenvalue weighted by molar-refractivity contribution is 6.30. The van der Waals surface area contributed by atoms with Gasteiger partial charge in [0.1, 0.15) is 5.38 Å². The summed E-state index contributed by atoms with van der Waals surface area (Å²) in [4.78, 5) is 13.8. The summed E-state index contributed by atoms with van der Waals surface area (Å²) in [5.41, 5.74) is 3.93. The number of halogens is 1. The summed E-state index contributed by atoms with van der Waals surface area (Å²) in [7, 11) is 0. The summed E-state index contributed by atoms with van der Waals surface area (Å²) in [6, 6.07) is 19.4. The van der Waals surface area contributed by atoms with E-state index in [-0.39, 0.29) is 5.91 Å². The third kappa shape index (κ3) is 4.85. The van der Waals surface area contributed by atoms with Gasteiger partial charge in [0.15, 0.2) is 0 Å². The molecule has 2 aromatic rings. The number of nitrogens with zero attached hydrogens (tertiary/aromatic N) is 1. The Labute approximate surface area is 155 Å². The fraction of sp³-hybridized carbons (Fsp3) is 0.409. The van der Waals surface area contributed by atoms with Crippen molar-refractivity contribution in [3.05, 3.63) is 60.2 Å². The van der Waals surface area contributed by atoms with Crippen molar-refractivity contribution in [1.29, 1.82) is 0 Å². The average molecular weight is 356 g/mol. The van der Waals surface area contributed by atoms with E-state index in [2.05, 4.69) is 48.5 Å². The number of hydrogen-bond acceptors (Lipinski definition) is 1. The molecule has 0 radical (unpaired) electrons. The van der Waals surface area contributed by atoms with Crippen LogP contribution in [0.25, 0.3) is 11.1 Å². The second kappa shape index (κ2) is 8.53. The van der Waals surface area contributed by atoms with Crippen molar-refractivity contribution < 1.29 is 4.79 Å². The molecule has 3 rings (SSSR count). The molecule has 0 saturated carbocycles. The molecular formula is C22H26ClNO. The molecule has 0 aliphatic carbocycles. The minimum absolute atomic E-state index is 0.0802. The number of aryl methyl sites for hydroxylation is 1. The monoisotopic (exact) mass is 355 g/mol. The van der Waals surface area contributed by atoms with Gasteiger partial charge in [-0.3, -0.25) is 4.79 Å². The van der Waals surface area contributed by atoms with Crippen LogP contribution in [0.15, 0.2) is 54.6 Å². The Balaban J connectivity index is 1.47. The minimum atomic E-state index is -0.403. The van der Waals surface area contributed by atoms with Crippen molar-refractivity contribution in [3.63, 3.8) is 0 Å². The van der Waals surface area contributed by atoms with E-state index < -0.39 is 5.38 Å². The lowest BCUT2D eigenvalue weighted by Gasteiger charge is -2.32. The van der Waals surface area contributed by atoms with Gasteiger partial charge in [-0.1, -0.05) is 54.6 Å². The molecule has 132 valence electrons. The molecule has 1 heterocycles. The molecule has 1 atom stereocenters. The summed E-state index contributed by atoms with van der Waals surface area (Å²) >= 11 is 5.90. The van der Waals surface area contributed by atoms with Gasteiger partial charge in [-0.25, -0.2) is 0 Å². The molecule has 0 bridgehead atoms. The normalized spacial score (nSPS) is 16.6. The third-order valence-electron chi connectivity index (χ3n) is 5.17. The number of amides is 1. The first-order chi connectivity index (χ1) is 12.1. The summed E-state index contributed by atoms with van der Waals surface area (Å²) in [5.74, 6) is 0.792. The summed E-state index contributed by atoms with van der Waals surface area (Å²) in [6.45, 7) is 3.47. The lowest BCUT2D eigenvalue weighted by Crippen LogP contribution is -2.41. The highest BCUT2D eigenvalue weighted by Crippen LogP contribution is 2.24. The zero-order chi connectivity index (χ0) is 17.6.